The fraction of sp³-hybridized carbons (Fsp3) is 0.455. The van der Waals surface area contributed by atoms with Crippen LogP contribution >= 0.6 is 0 Å². The number of nitro benzene ring substituents is 1. The molecule has 0 saturated heterocycles. The maximum Gasteiger partial charge on any atom is 0.271 e. The summed E-state index contributed by atoms with van der Waals surface area (Å²) in [5.74, 6) is 5.28. The van der Waals surface area contributed by atoms with Crippen LogP contribution < -0.4 is 11.3 Å². The molecule has 0 bridgehead atoms. The minimum atomic E-state index is -3.88. The van der Waals surface area contributed by atoms with Gasteiger partial charge in [0.1, 0.15) is 4.90 Å². The first-order valence-corrected chi connectivity index (χ1v) is 7.73. The number of hydrogen-bond donors (Lipinski definition) is 3. The van der Waals surface area contributed by atoms with Crippen LogP contribution in [0.4, 0.5) is 11.4 Å². The van der Waals surface area contributed by atoms with E-state index in [0.29, 0.717) is 0 Å². The minimum absolute atomic E-state index is 0.0198. The number of nitrogen functional groups attached to an aromatic ring is 1. The molecule has 1 aliphatic carbocycles. The number of aliphatic hydroxyl groups is 1. The largest absolute Gasteiger partial charge is 0.395 e. The molecule has 116 valence electrons. The van der Waals surface area contributed by atoms with Gasteiger partial charge in [0.2, 0.25) is 10.0 Å². The van der Waals surface area contributed by atoms with E-state index < -0.39 is 14.9 Å². The highest BCUT2D eigenvalue weighted by molar-refractivity contribution is 7.89. The van der Waals surface area contributed by atoms with Crippen LogP contribution in [-0.4, -0.2) is 41.9 Å². The molecule has 21 heavy (non-hydrogen) atoms. The van der Waals surface area contributed by atoms with Crippen molar-refractivity contribution in [3.63, 3.8) is 0 Å². The van der Waals surface area contributed by atoms with Crippen LogP contribution in [-0.2, 0) is 10.0 Å². The summed E-state index contributed by atoms with van der Waals surface area (Å²) in [6.45, 7) is -0.317. The number of anilines is 1. The van der Waals surface area contributed by atoms with Crippen LogP contribution in [0.1, 0.15) is 12.8 Å². The molecule has 0 amide bonds. The number of rotatable bonds is 7. The summed E-state index contributed by atoms with van der Waals surface area (Å²) < 4.78 is 26.4. The number of nitro groups is 1. The highest BCUT2D eigenvalue weighted by Crippen LogP contribution is 2.35. The Labute approximate surface area is 121 Å². The topological polar surface area (TPSA) is 139 Å². The third-order valence-electron chi connectivity index (χ3n) is 3.19. The number of aliphatic hydroxyl groups excluding tert-OH is 1. The summed E-state index contributed by atoms with van der Waals surface area (Å²) in [7, 11) is -3.88. The van der Waals surface area contributed by atoms with Crippen molar-refractivity contribution in [2.24, 2.45) is 5.84 Å². The number of hydrogen-bond acceptors (Lipinski definition) is 7. The molecule has 0 atom stereocenters. The Bertz CT molecular complexity index is 644. The maximum atomic E-state index is 12.6. The molecule has 1 aromatic carbocycles. The number of sulfonamides is 1. The van der Waals surface area contributed by atoms with E-state index in [2.05, 4.69) is 5.43 Å². The minimum Gasteiger partial charge on any atom is -0.395 e. The second kappa shape index (κ2) is 5.93. The molecule has 0 aliphatic heterocycles. The Morgan fingerprint density at radius 2 is 2.14 bits per heavy atom. The van der Waals surface area contributed by atoms with Crippen molar-refractivity contribution in [3.8, 4) is 0 Å². The fourth-order valence-electron chi connectivity index (χ4n) is 2.06. The molecule has 0 heterocycles. The van der Waals surface area contributed by atoms with E-state index in [9.17, 15) is 18.5 Å². The van der Waals surface area contributed by atoms with E-state index in [0.717, 1.165) is 31.0 Å². The number of nitrogens with zero attached hydrogens (tertiary/aromatic N) is 2. The summed E-state index contributed by atoms with van der Waals surface area (Å²) >= 11 is 0. The molecule has 0 aromatic heterocycles. The van der Waals surface area contributed by atoms with Crippen LogP contribution in [0.5, 0.6) is 0 Å². The predicted octanol–water partition coefficient (Wildman–Crippen LogP) is 0.0258. The number of benzene rings is 1. The molecule has 1 aromatic rings. The Kier molecular flexibility index (Phi) is 4.42. The van der Waals surface area contributed by atoms with Gasteiger partial charge in [0.25, 0.3) is 5.69 Å². The summed E-state index contributed by atoms with van der Waals surface area (Å²) in [6, 6.07) is 3.19. The van der Waals surface area contributed by atoms with Gasteiger partial charge in [-0.1, -0.05) is 0 Å². The number of nitrogens with two attached hydrogens (primary N) is 1. The average Bonchev–Trinajstić information content (AvgIpc) is 3.28. The van der Waals surface area contributed by atoms with Crippen molar-refractivity contribution in [2.45, 2.75) is 23.8 Å². The van der Waals surface area contributed by atoms with Crippen molar-refractivity contribution in [1.29, 1.82) is 0 Å². The lowest BCUT2D eigenvalue weighted by Gasteiger charge is -2.22. The summed E-state index contributed by atoms with van der Waals surface area (Å²) in [5, 5.41) is 19.8. The van der Waals surface area contributed by atoms with Gasteiger partial charge in [0.15, 0.2) is 0 Å². The standard InChI is InChI=1S/C11H16N4O5S/c12-13-10-7-9(15(17)18)3-4-11(10)21(19,20)14(5-6-16)8-1-2-8/h3-4,7-8,13,16H,1-2,5-6,12H2. The molecule has 1 fully saturated rings. The van der Waals surface area contributed by atoms with Gasteiger partial charge in [-0.2, -0.15) is 4.31 Å². The van der Waals surface area contributed by atoms with Gasteiger partial charge in [-0.25, -0.2) is 8.42 Å². The third kappa shape index (κ3) is 3.13. The normalized spacial score (nSPS) is 15.2. The third-order valence-corrected chi connectivity index (χ3v) is 5.20. The second-order valence-electron chi connectivity index (χ2n) is 4.65. The number of hydrazine groups is 1. The molecule has 0 radical (unpaired) electrons. The maximum absolute atomic E-state index is 12.6. The molecule has 0 spiro atoms. The van der Waals surface area contributed by atoms with E-state index >= 15 is 0 Å². The van der Waals surface area contributed by atoms with E-state index in [1.807, 2.05) is 0 Å². The van der Waals surface area contributed by atoms with Crippen LogP contribution in [0.2, 0.25) is 0 Å². The fourth-order valence-corrected chi connectivity index (χ4v) is 3.87. The molecule has 10 heteroatoms. The Balaban J connectivity index is 2.45. The zero-order chi connectivity index (χ0) is 15.6. The van der Waals surface area contributed by atoms with Crippen molar-refractivity contribution >= 4 is 21.4 Å². The van der Waals surface area contributed by atoms with Crippen LogP contribution in [0.3, 0.4) is 0 Å². The first-order chi connectivity index (χ1) is 9.91. The van der Waals surface area contributed by atoms with E-state index in [4.69, 9.17) is 10.9 Å². The van der Waals surface area contributed by atoms with E-state index in [1.54, 1.807) is 0 Å². The molecule has 1 aliphatic rings. The average molecular weight is 316 g/mol. The summed E-state index contributed by atoms with van der Waals surface area (Å²) in [5.41, 5.74) is 1.87. The molecule has 9 nitrogen and oxygen atoms in total. The zero-order valence-corrected chi connectivity index (χ0v) is 11.9. The first kappa shape index (κ1) is 15.6. The number of nitrogens with one attached hydrogen (secondary N) is 1. The highest BCUT2D eigenvalue weighted by atomic mass is 32.2. The molecule has 0 unspecified atom stereocenters. The predicted molar refractivity (Wildman–Crippen MR) is 74.9 cm³/mol. The van der Waals surface area contributed by atoms with Crippen molar-refractivity contribution in [1.82, 2.24) is 4.31 Å². The molecular formula is C11H16N4O5S. The van der Waals surface area contributed by atoms with Gasteiger partial charge in [0.05, 0.1) is 17.2 Å². The van der Waals surface area contributed by atoms with Crippen molar-refractivity contribution in [3.05, 3.63) is 28.3 Å². The summed E-state index contributed by atoms with van der Waals surface area (Å²) in [6.07, 6.45) is 1.47. The second-order valence-corrected chi connectivity index (χ2v) is 6.51. The van der Waals surface area contributed by atoms with E-state index in [-0.39, 0.29) is 35.5 Å². The van der Waals surface area contributed by atoms with Crippen molar-refractivity contribution in [2.75, 3.05) is 18.6 Å². The van der Waals surface area contributed by atoms with Gasteiger partial charge in [-0.15, -0.1) is 0 Å². The van der Waals surface area contributed by atoms with Gasteiger partial charge in [0, 0.05) is 24.7 Å². The highest BCUT2D eigenvalue weighted by Gasteiger charge is 2.38. The molecule has 1 saturated carbocycles. The van der Waals surface area contributed by atoms with Gasteiger partial charge < -0.3 is 10.5 Å². The van der Waals surface area contributed by atoms with Gasteiger partial charge in [-0.05, 0) is 18.9 Å². The first-order valence-electron chi connectivity index (χ1n) is 6.29. The monoisotopic (exact) mass is 316 g/mol. The smallest absolute Gasteiger partial charge is 0.271 e. The molecular weight excluding hydrogens is 300 g/mol. The van der Waals surface area contributed by atoms with Gasteiger partial charge >= 0.3 is 0 Å². The quantitative estimate of drug-likeness (QED) is 0.366. The van der Waals surface area contributed by atoms with E-state index in [1.165, 1.54) is 4.31 Å². The molecule has 4 N–H and O–H groups in total. The Morgan fingerprint density at radius 3 is 2.62 bits per heavy atom. The number of non-ortho nitro benzene ring substituents is 1. The van der Waals surface area contributed by atoms with Crippen LogP contribution in [0, 0.1) is 10.1 Å². The Morgan fingerprint density at radius 1 is 1.48 bits per heavy atom. The molecule has 2 rings (SSSR count). The Hall–Kier alpha value is -1.75. The lowest BCUT2D eigenvalue weighted by atomic mass is 10.3. The summed E-state index contributed by atoms with van der Waals surface area (Å²) in [4.78, 5) is 9.95. The lowest BCUT2D eigenvalue weighted by Crippen LogP contribution is -2.36. The van der Waals surface area contributed by atoms with Gasteiger partial charge in [-0.3, -0.25) is 16.0 Å². The van der Waals surface area contributed by atoms with Crippen molar-refractivity contribution < 1.29 is 18.4 Å². The van der Waals surface area contributed by atoms with Crippen LogP contribution in [0.25, 0.3) is 0 Å². The van der Waals surface area contributed by atoms with Crippen LogP contribution in [0.15, 0.2) is 23.1 Å². The SMILES string of the molecule is NNc1cc([N+](=O)[O-])ccc1S(=O)(=O)N(CCO)C1CC1. The zero-order valence-electron chi connectivity index (χ0n) is 11.1. The lowest BCUT2D eigenvalue weighted by molar-refractivity contribution is -0.384.